The SMILES string of the molecule is N#Cc1ccc(/C=C/C(=O)Nc2nnc(Cc3ccccc3)s2)cc1. The molecule has 3 aromatic rings. The molecule has 3 rings (SSSR count). The first-order chi connectivity index (χ1) is 12.2. The van der Waals surface area contributed by atoms with Crippen molar-refractivity contribution in [2.75, 3.05) is 5.32 Å². The zero-order valence-electron chi connectivity index (χ0n) is 13.2. The molecule has 25 heavy (non-hydrogen) atoms. The highest BCUT2D eigenvalue weighted by atomic mass is 32.1. The summed E-state index contributed by atoms with van der Waals surface area (Å²) in [4.78, 5) is 12.0. The molecule has 122 valence electrons. The summed E-state index contributed by atoms with van der Waals surface area (Å²) in [7, 11) is 0. The van der Waals surface area contributed by atoms with Gasteiger partial charge >= 0.3 is 0 Å². The van der Waals surface area contributed by atoms with E-state index in [9.17, 15) is 4.79 Å². The molecule has 1 N–H and O–H groups in total. The molecule has 0 fully saturated rings. The molecule has 1 heterocycles. The van der Waals surface area contributed by atoms with E-state index in [4.69, 9.17) is 5.26 Å². The first kappa shape index (κ1) is 16.6. The number of anilines is 1. The Morgan fingerprint density at radius 1 is 1.12 bits per heavy atom. The zero-order valence-corrected chi connectivity index (χ0v) is 14.0. The van der Waals surface area contributed by atoms with Crippen molar-refractivity contribution in [3.05, 3.63) is 82.4 Å². The molecule has 0 radical (unpaired) electrons. The summed E-state index contributed by atoms with van der Waals surface area (Å²) in [6.45, 7) is 0. The Bertz CT molecular complexity index is 924. The van der Waals surface area contributed by atoms with Crippen LogP contribution >= 0.6 is 11.3 Å². The fourth-order valence-corrected chi connectivity index (χ4v) is 2.91. The molecule has 1 aromatic heterocycles. The van der Waals surface area contributed by atoms with Gasteiger partial charge in [-0.2, -0.15) is 5.26 Å². The van der Waals surface area contributed by atoms with Gasteiger partial charge in [-0.25, -0.2) is 0 Å². The Kier molecular flexibility index (Phi) is 5.29. The third-order valence-corrected chi connectivity index (χ3v) is 4.20. The molecular formula is C19H14N4OS. The van der Waals surface area contributed by atoms with Gasteiger partial charge in [0, 0.05) is 12.5 Å². The molecular weight excluding hydrogens is 332 g/mol. The van der Waals surface area contributed by atoms with Crippen molar-refractivity contribution < 1.29 is 4.79 Å². The zero-order chi connectivity index (χ0) is 17.5. The highest BCUT2D eigenvalue weighted by Crippen LogP contribution is 2.18. The van der Waals surface area contributed by atoms with Gasteiger partial charge in [0.05, 0.1) is 11.6 Å². The minimum absolute atomic E-state index is 0.272. The van der Waals surface area contributed by atoms with Gasteiger partial charge in [-0.1, -0.05) is 53.8 Å². The minimum atomic E-state index is -0.272. The quantitative estimate of drug-likeness (QED) is 0.715. The molecule has 0 bridgehead atoms. The van der Waals surface area contributed by atoms with Crippen LogP contribution in [0.1, 0.15) is 21.7 Å². The topological polar surface area (TPSA) is 78.7 Å². The standard InChI is InChI=1S/C19H14N4OS/c20-13-16-8-6-14(7-9-16)10-11-17(24)21-19-23-22-18(25-19)12-15-4-2-1-3-5-15/h1-11H,12H2,(H,21,23,24)/b11-10+. The van der Waals surface area contributed by atoms with Crippen LogP contribution in [0.3, 0.4) is 0 Å². The smallest absolute Gasteiger partial charge is 0.250 e. The fraction of sp³-hybridized carbons (Fsp3) is 0.0526. The number of benzene rings is 2. The average molecular weight is 346 g/mol. The molecule has 6 heteroatoms. The molecule has 0 saturated carbocycles. The van der Waals surface area contributed by atoms with Crippen molar-refractivity contribution in [2.24, 2.45) is 0 Å². The van der Waals surface area contributed by atoms with Crippen LogP contribution in [0.2, 0.25) is 0 Å². The van der Waals surface area contributed by atoms with Crippen molar-refractivity contribution >= 4 is 28.5 Å². The number of aromatic nitrogens is 2. The first-order valence-electron chi connectivity index (χ1n) is 7.58. The van der Waals surface area contributed by atoms with E-state index in [0.717, 1.165) is 16.1 Å². The second-order valence-corrected chi connectivity index (χ2v) is 6.28. The highest BCUT2D eigenvalue weighted by molar-refractivity contribution is 7.15. The normalized spacial score (nSPS) is 10.5. The second-order valence-electron chi connectivity index (χ2n) is 5.22. The Labute approximate surface area is 149 Å². The lowest BCUT2D eigenvalue weighted by molar-refractivity contribution is -0.111. The largest absolute Gasteiger partial charge is 0.297 e. The number of nitrogens with one attached hydrogen (secondary N) is 1. The molecule has 2 aromatic carbocycles. The van der Waals surface area contributed by atoms with E-state index in [-0.39, 0.29) is 5.91 Å². The Morgan fingerprint density at radius 2 is 1.88 bits per heavy atom. The van der Waals surface area contributed by atoms with Gasteiger partial charge in [-0.15, -0.1) is 10.2 Å². The van der Waals surface area contributed by atoms with E-state index in [2.05, 4.69) is 21.6 Å². The lowest BCUT2D eigenvalue weighted by atomic mass is 10.1. The number of amides is 1. The van der Waals surface area contributed by atoms with Gasteiger partial charge in [0.2, 0.25) is 11.0 Å². The number of nitrogens with zero attached hydrogens (tertiary/aromatic N) is 3. The van der Waals surface area contributed by atoms with Gasteiger partial charge in [0.1, 0.15) is 5.01 Å². The van der Waals surface area contributed by atoms with Gasteiger partial charge in [-0.3, -0.25) is 10.1 Å². The summed E-state index contributed by atoms with van der Waals surface area (Å²) < 4.78 is 0. The summed E-state index contributed by atoms with van der Waals surface area (Å²) in [5, 5.41) is 20.9. The molecule has 0 aliphatic heterocycles. The van der Waals surface area contributed by atoms with Gasteiger partial charge < -0.3 is 0 Å². The van der Waals surface area contributed by atoms with Gasteiger partial charge in [0.15, 0.2) is 0 Å². The number of carbonyl (C=O) groups is 1. The van der Waals surface area contributed by atoms with Gasteiger partial charge in [0.25, 0.3) is 0 Å². The molecule has 5 nitrogen and oxygen atoms in total. The van der Waals surface area contributed by atoms with Crippen molar-refractivity contribution in [1.82, 2.24) is 10.2 Å². The van der Waals surface area contributed by atoms with Crippen LogP contribution in [0.25, 0.3) is 6.08 Å². The van der Waals surface area contributed by atoms with Gasteiger partial charge in [-0.05, 0) is 29.3 Å². The number of hydrogen-bond donors (Lipinski definition) is 1. The lowest BCUT2D eigenvalue weighted by Gasteiger charge is -1.96. The van der Waals surface area contributed by atoms with Crippen molar-refractivity contribution in [3.63, 3.8) is 0 Å². The fourth-order valence-electron chi connectivity index (χ4n) is 2.13. The highest BCUT2D eigenvalue weighted by Gasteiger charge is 2.07. The number of hydrogen-bond acceptors (Lipinski definition) is 5. The molecule has 0 atom stereocenters. The number of rotatable bonds is 5. The molecule has 0 aliphatic carbocycles. The molecule has 0 spiro atoms. The van der Waals surface area contributed by atoms with Crippen LogP contribution in [-0.4, -0.2) is 16.1 Å². The maximum Gasteiger partial charge on any atom is 0.250 e. The summed E-state index contributed by atoms with van der Waals surface area (Å²) in [5.74, 6) is -0.272. The monoisotopic (exact) mass is 346 g/mol. The Hall–Kier alpha value is -3.30. The van der Waals surface area contributed by atoms with E-state index >= 15 is 0 Å². The van der Waals surface area contributed by atoms with Crippen LogP contribution in [-0.2, 0) is 11.2 Å². The minimum Gasteiger partial charge on any atom is -0.297 e. The van der Waals surface area contributed by atoms with Crippen molar-refractivity contribution in [1.29, 1.82) is 5.26 Å². The summed E-state index contributed by atoms with van der Waals surface area (Å²) in [6, 6.07) is 19.0. The van der Waals surface area contributed by atoms with Crippen molar-refractivity contribution in [3.8, 4) is 6.07 Å². The first-order valence-corrected chi connectivity index (χ1v) is 8.40. The predicted molar refractivity (Wildman–Crippen MR) is 98.0 cm³/mol. The number of nitriles is 1. The van der Waals surface area contributed by atoms with E-state index in [1.807, 2.05) is 30.3 Å². The molecule has 0 aliphatic rings. The molecule has 0 unspecified atom stereocenters. The van der Waals surface area contributed by atoms with E-state index in [0.29, 0.717) is 17.1 Å². The van der Waals surface area contributed by atoms with Crippen LogP contribution < -0.4 is 5.32 Å². The molecule has 0 saturated heterocycles. The Morgan fingerprint density at radius 3 is 2.60 bits per heavy atom. The van der Waals surface area contributed by atoms with Crippen molar-refractivity contribution in [2.45, 2.75) is 6.42 Å². The van der Waals surface area contributed by atoms with Crippen LogP contribution in [0.15, 0.2) is 60.7 Å². The second kappa shape index (κ2) is 7.99. The third-order valence-electron chi connectivity index (χ3n) is 3.36. The van der Waals surface area contributed by atoms with Crippen LogP contribution in [0.4, 0.5) is 5.13 Å². The summed E-state index contributed by atoms with van der Waals surface area (Å²) in [6.07, 6.45) is 3.80. The van der Waals surface area contributed by atoms with E-state index in [1.165, 1.54) is 17.4 Å². The summed E-state index contributed by atoms with van der Waals surface area (Å²) >= 11 is 1.36. The number of carbonyl (C=O) groups excluding carboxylic acids is 1. The van der Waals surface area contributed by atoms with E-state index < -0.39 is 0 Å². The van der Waals surface area contributed by atoms with E-state index in [1.54, 1.807) is 30.3 Å². The lowest BCUT2D eigenvalue weighted by Crippen LogP contribution is -2.07. The Balaban J connectivity index is 1.57. The van der Waals surface area contributed by atoms with Crippen LogP contribution in [0.5, 0.6) is 0 Å². The predicted octanol–water partition coefficient (Wildman–Crippen LogP) is 3.65. The third kappa shape index (κ3) is 4.83. The average Bonchev–Trinajstić information content (AvgIpc) is 3.08. The molecule has 1 amide bonds. The summed E-state index contributed by atoms with van der Waals surface area (Å²) in [5.41, 5.74) is 2.58. The maximum atomic E-state index is 12.0. The maximum absolute atomic E-state index is 12.0. The van der Waals surface area contributed by atoms with Crippen LogP contribution in [0, 0.1) is 11.3 Å².